The van der Waals surface area contributed by atoms with E-state index in [4.69, 9.17) is 5.73 Å². The molecule has 2 aromatic rings. The van der Waals surface area contributed by atoms with Gasteiger partial charge in [0.05, 0.1) is 12.2 Å². The Bertz CT molecular complexity index is 528. The lowest BCUT2D eigenvalue weighted by Crippen LogP contribution is -2.12. The van der Waals surface area contributed by atoms with Crippen molar-refractivity contribution in [3.05, 3.63) is 52.8 Å². The fourth-order valence-electron chi connectivity index (χ4n) is 2.25. The van der Waals surface area contributed by atoms with Crippen LogP contribution < -0.4 is 5.73 Å². The Morgan fingerprint density at radius 2 is 2.11 bits per heavy atom. The molecule has 0 spiro atoms. The Morgan fingerprint density at radius 1 is 1.33 bits per heavy atom. The van der Waals surface area contributed by atoms with Gasteiger partial charge < -0.3 is 5.73 Å². The van der Waals surface area contributed by atoms with Crippen molar-refractivity contribution in [2.24, 2.45) is 5.73 Å². The fraction of sp³-hybridized carbons (Fsp3) is 0.400. The Balaban J connectivity index is 2.26. The van der Waals surface area contributed by atoms with Crippen molar-refractivity contribution < 1.29 is 0 Å². The summed E-state index contributed by atoms with van der Waals surface area (Å²) in [6, 6.07) is 6.31. The molecule has 1 aromatic carbocycles. The number of benzene rings is 1. The van der Waals surface area contributed by atoms with E-state index in [1.54, 1.807) is 0 Å². The molecule has 1 aromatic heterocycles. The highest BCUT2D eigenvalue weighted by molar-refractivity contribution is 5.37. The van der Waals surface area contributed by atoms with Crippen LogP contribution in [0.4, 0.5) is 0 Å². The monoisotopic (exact) mass is 243 g/mol. The van der Waals surface area contributed by atoms with Crippen LogP contribution >= 0.6 is 0 Å². The molecule has 0 bridgehead atoms. The van der Waals surface area contributed by atoms with E-state index in [2.05, 4.69) is 44.1 Å². The van der Waals surface area contributed by atoms with E-state index in [-0.39, 0.29) is 6.04 Å². The van der Waals surface area contributed by atoms with Gasteiger partial charge in [-0.25, -0.2) is 0 Å². The molecule has 3 heteroatoms. The molecule has 96 valence electrons. The largest absolute Gasteiger partial charge is 0.320 e. The maximum absolute atomic E-state index is 6.32. The molecule has 0 aliphatic rings. The minimum Gasteiger partial charge on any atom is -0.320 e. The Labute approximate surface area is 109 Å². The van der Waals surface area contributed by atoms with Crippen LogP contribution in [0.25, 0.3) is 0 Å². The minimum atomic E-state index is -0.0868. The number of nitrogens with zero attached hydrogens (tertiary/aromatic N) is 2. The molecule has 1 heterocycles. The van der Waals surface area contributed by atoms with Crippen molar-refractivity contribution in [1.29, 1.82) is 0 Å². The highest BCUT2D eigenvalue weighted by atomic mass is 15.3. The van der Waals surface area contributed by atoms with E-state index >= 15 is 0 Å². The van der Waals surface area contributed by atoms with E-state index in [1.165, 1.54) is 16.7 Å². The summed E-state index contributed by atoms with van der Waals surface area (Å²) in [5, 5.41) is 4.34. The summed E-state index contributed by atoms with van der Waals surface area (Å²) in [5.41, 5.74) is 11.1. The van der Waals surface area contributed by atoms with E-state index in [0.717, 1.165) is 18.5 Å². The second-order valence-electron chi connectivity index (χ2n) is 4.87. The predicted octanol–water partition coefficient (Wildman–Crippen LogP) is 2.96. The molecule has 0 aliphatic carbocycles. The highest BCUT2D eigenvalue weighted by Gasteiger charge is 2.13. The van der Waals surface area contributed by atoms with Crippen molar-refractivity contribution in [2.45, 2.75) is 39.8 Å². The third-order valence-corrected chi connectivity index (χ3v) is 3.23. The number of aromatic nitrogens is 2. The number of rotatable bonds is 4. The van der Waals surface area contributed by atoms with Gasteiger partial charge in [0.2, 0.25) is 0 Å². The fourth-order valence-corrected chi connectivity index (χ4v) is 2.25. The van der Waals surface area contributed by atoms with E-state index < -0.39 is 0 Å². The van der Waals surface area contributed by atoms with Crippen LogP contribution in [0.15, 0.2) is 30.6 Å². The smallest absolute Gasteiger partial charge is 0.0585 e. The first-order chi connectivity index (χ1) is 8.61. The van der Waals surface area contributed by atoms with Crippen molar-refractivity contribution in [3.63, 3.8) is 0 Å². The lowest BCUT2D eigenvalue weighted by molar-refractivity contribution is 0.602. The zero-order valence-corrected chi connectivity index (χ0v) is 11.4. The number of hydrogen-bond donors (Lipinski definition) is 1. The molecule has 0 fully saturated rings. The zero-order valence-electron chi connectivity index (χ0n) is 11.4. The van der Waals surface area contributed by atoms with Crippen molar-refractivity contribution in [2.75, 3.05) is 0 Å². The van der Waals surface area contributed by atoms with Crippen LogP contribution in [-0.4, -0.2) is 9.78 Å². The summed E-state index contributed by atoms with van der Waals surface area (Å²) in [4.78, 5) is 0. The summed E-state index contributed by atoms with van der Waals surface area (Å²) in [5.74, 6) is 0. The summed E-state index contributed by atoms with van der Waals surface area (Å²) in [7, 11) is 0. The normalized spacial score (nSPS) is 12.7. The van der Waals surface area contributed by atoms with Gasteiger partial charge in [0.15, 0.2) is 0 Å². The third-order valence-electron chi connectivity index (χ3n) is 3.23. The van der Waals surface area contributed by atoms with Gasteiger partial charge in [0, 0.05) is 18.3 Å². The Morgan fingerprint density at radius 3 is 2.78 bits per heavy atom. The van der Waals surface area contributed by atoms with E-state index in [0.29, 0.717) is 0 Å². The van der Waals surface area contributed by atoms with Gasteiger partial charge in [-0.3, -0.25) is 4.68 Å². The summed E-state index contributed by atoms with van der Waals surface area (Å²) in [6.07, 6.45) is 5.01. The summed E-state index contributed by atoms with van der Waals surface area (Å²) in [6.45, 7) is 7.30. The Kier molecular flexibility index (Phi) is 3.82. The standard InChI is InChI=1S/C15H21N3/c1-4-7-18-10-13(9-17-18)15(16)14-6-5-11(2)8-12(14)3/h5-6,8-10,15H,4,7,16H2,1-3H3. The molecular formula is C15H21N3. The zero-order chi connectivity index (χ0) is 13.1. The van der Waals surface area contributed by atoms with E-state index in [1.807, 2.05) is 17.1 Å². The average Bonchev–Trinajstić information content (AvgIpc) is 2.77. The maximum atomic E-state index is 6.32. The van der Waals surface area contributed by atoms with Crippen LogP contribution in [-0.2, 0) is 6.54 Å². The lowest BCUT2D eigenvalue weighted by atomic mass is 9.96. The first-order valence-electron chi connectivity index (χ1n) is 6.47. The maximum Gasteiger partial charge on any atom is 0.0585 e. The quantitative estimate of drug-likeness (QED) is 0.897. The number of hydrogen-bond acceptors (Lipinski definition) is 2. The van der Waals surface area contributed by atoms with Gasteiger partial charge in [0.25, 0.3) is 0 Å². The van der Waals surface area contributed by atoms with Gasteiger partial charge >= 0.3 is 0 Å². The number of nitrogens with two attached hydrogens (primary N) is 1. The second kappa shape index (κ2) is 5.36. The van der Waals surface area contributed by atoms with Gasteiger partial charge in [-0.2, -0.15) is 5.10 Å². The second-order valence-corrected chi connectivity index (χ2v) is 4.87. The third kappa shape index (κ3) is 2.62. The molecule has 1 atom stereocenters. The molecule has 18 heavy (non-hydrogen) atoms. The first-order valence-corrected chi connectivity index (χ1v) is 6.47. The average molecular weight is 243 g/mol. The molecule has 0 saturated heterocycles. The first kappa shape index (κ1) is 12.8. The number of aryl methyl sites for hydroxylation is 3. The molecule has 3 nitrogen and oxygen atoms in total. The van der Waals surface area contributed by atoms with Crippen LogP contribution in [0.1, 0.15) is 41.6 Å². The van der Waals surface area contributed by atoms with Crippen LogP contribution in [0.3, 0.4) is 0 Å². The lowest BCUT2D eigenvalue weighted by Gasteiger charge is -2.13. The molecule has 1 unspecified atom stereocenters. The van der Waals surface area contributed by atoms with Crippen molar-refractivity contribution in [1.82, 2.24) is 9.78 Å². The molecular weight excluding hydrogens is 222 g/mol. The van der Waals surface area contributed by atoms with Gasteiger partial charge in [0.1, 0.15) is 0 Å². The summed E-state index contributed by atoms with van der Waals surface area (Å²) < 4.78 is 1.96. The van der Waals surface area contributed by atoms with E-state index in [9.17, 15) is 0 Å². The van der Waals surface area contributed by atoms with Gasteiger partial charge in [-0.05, 0) is 31.4 Å². The molecule has 0 saturated carbocycles. The molecule has 2 N–H and O–H groups in total. The minimum absolute atomic E-state index is 0.0868. The molecule has 0 amide bonds. The molecule has 0 radical (unpaired) electrons. The van der Waals surface area contributed by atoms with Crippen LogP contribution in [0.5, 0.6) is 0 Å². The highest BCUT2D eigenvalue weighted by Crippen LogP contribution is 2.23. The van der Waals surface area contributed by atoms with Crippen LogP contribution in [0, 0.1) is 13.8 Å². The van der Waals surface area contributed by atoms with Gasteiger partial charge in [-0.1, -0.05) is 30.7 Å². The molecule has 2 rings (SSSR count). The molecule has 0 aliphatic heterocycles. The Hall–Kier alpha value is -1.61. The van der Waals surface area contributed by atoms with Crippen molar-refractivity contribution >= 4 is 0 Å². The summed E-state index contributed by atoms with van der Waals surface area (Å²) >= 11 is 0. The topological polar surface area (TPSA) is 43.8 Å². The van der Waals surface area contributed by atoms with Gasteiger partial charge in [-0.15, -0.1) is 0 Å². The SMILES string of the molecule is CCCn1cc(C(N)c2ccc(C)cc2C)cn1. The van der Waals surface area contributed by atoms with Crippen molar-refractivity contribution in [3.8, 4) is 0 Å². The van der Waals surface area contributed by atoms with Crippen LogP contribution in [0.2, 0.25) is 0 Å². The predicted molar refractivity (Wildman–Crippen MR) is 74.5 cm³/mol.